The van der Waals surface area contributed by atoms with Crippen LogP contribution in [-0.2, 0) is 11.2 Å². The molecule has 10 nitrogen and oxygen atoms in total. The molecule has 212 valence electrons. The van der Waals surface area contributed by atoms with Crippen molar-refractivity contribution in [2.24, 2.45) is 0 Å². The van der Waals surface area contributed by atoms with E-state index in [0.717, 1.165) is 61.2 Å². The number of aromatic nitrogens is 5. The molecule has 0 radical (unpaired) electrons. The van der Waals surface area contributed by atoms with Gasteiger partial charge in [-0.2, -0.15) is 0 Å². The number of carbonyl (C=O) groups is 1. The van der Waals surface area contributed by atoms with Crippen LogP contribution >= 0.6 is 0 Å². The molecule has 1 aromatic carbocycles. The van der Waals surface area contributed by atoms with Crippen LogP contribution in [0, 0.1) is 6.92 Å². The minimum Gasteiger partial charge on any atom is -0.443 e. The summed E-state index contributed by atoms with van der Waals surface area (Å²) in [6.45, 7) is 7.03. The number of rotatable bonds is 6. The first-order valence-corrected chi connectivity index (χ1v) is 14.3. The van der Waals surface area contributed by atoms with Crippen molar-refractivity contribution >= 4 is 22.9 Å². The summed E-state index contributed by atoms with van der Waals surface area (Å²) in [6, 6.07) is 14.9. The number of nitrogen functional groups attached to an aromatic ring is 1. The van der Waals surface area contributed by atoms with Crippen LogP contribution in [0.4, 0.5) is 5.82 Å². The first-order valence-electron chi connectivity index (χ1n) is 14.3. The number of nitrogens with zero attached hydrogens (tertiary/aromatic N) is 6. The van der Waals surface area contributed by atoms with E-state index in [1.165, 1.54) is 17.2 Å². The third kappa shape index (κ3) is 4.63. The fraction of sp³-hybridized carbons (Fsp3) is 0.281. The van der Waals surface area contributed by atoms with E-state index < -0.39 is 0 Å². The van der Waals surface area contributed by atoms with Crippen molar-refractivity contribution in [1.29, 1.82) is 0 Å². The van der Waals surface area contributed by atoms with E-state index in [2.05, 4.69) is 44.6 Å². The molecule has 0 saturated carbocycles. The average molecular weight is 561 g/mol. The number of benzene rings is 1. The molecule has 1 aliphatic carbocycles. The molecular formula is C32H32N8O2. The molecule has 7 rings (SSSR count). The summed E-state index contributed by atoms with van der Waals surface area (Å²) in [5.41, 5.74) is 13.5. The zero-order valence-corrected chi connectivity index (χ0v) is 23.5. The zero-order chi connectivity index (χ0) is 28.8. The van der Waals surface area contributed by atoms with E-state index in [4.69, 9.17) is 20.1 Å². The number of pyridine rings is 2. The number of nitrogens with one attached hydrogen (secondary N) is 1. The van der Waals surface area contributed by atoms with Crippen molar-refractivity contribution in [2.75, 3.05) is 18.8 Å². The molecule has 4 aromatic heterocycles. The van der Waals surface area contributed by atoms with Gasteiger partial charge in [-0.25, -0.2) is 19.9 Å². The molecule has 5 aromatic rings. The van der Waals surface area contributed by atoms with Crippen LogP contribution < -0.4 is 11.1 Å². The summed E-state index contributed by atoms with van der Waals surface area (Å²) in [7, 11) is 0. The highest BCUT2D eigenvalue weighted by Crippen LogP contribution is 2.37. The summed E-state index contributed by atoms with van der Waals surface area (Å²) in [5, 5.41) is 3.87. The van der Waals surface area contributed by atoms with E-state index in [-0.39, 0.29) is 11.9 Å². The van der Waals surface area contributed by atoms with Crippen LogP contribution in [0.5, 0.6) is 0 Å². The molecule has 1 amide bonds. The van der Waals surface area contributed by atoms with Gasteiger partial charge in [-0.15, -0.1) is 0 Å². The quantitative estimate of drug-likeness (QED) is 0.284. The van der Waals surface area contributed by atoms with E-state index >= 15 is 0 Å². The second-order valence-corrected chi connectivity index (χ2v) is 11.0. The van der Waals surface area contributed by atoms with Crippen molar-refractivity contribution in [2.45, 2.75) is 44.7 Å². The van der Waals surface area contributed by atoms with Gasteiger partial charge in [0.1, 0.15) is 23.3 Å². The number of amides is 1. The Hall–Kier alpha value is -4.83. The molecule has 1 aliphatic heterocycles. The molecule has 42 heavy (non-hydrogen) atoms. The predicted molar refractivity (Wildman–Crippen MR) is 161 cm³/mol. The third-order valence-corrected chi connectivity index (χ3v) is 8.30. The van der Waals surface area contributed by atoms with Crippen molar-refractivity contribution in [1.82, 2.24) is 34.7 Å². The number of imidazole rings is 1. The van der Waals surface area contributed by atoms with Crippen molar-refractivity contribution in [3.8, 4) is 28.7 Å². The van der Waals surface area contributed by atoms with Crippen molar-refractivity contribution in [3.05, 3.63) is 84.4 Å². The Balaban J connectivity index is 1.24. The number of likely N-dealkylation sites (tertiary alicyclic amines) is 1. The maximum atomic E-state index is 12.0. The lowest BCUT2D eigenvalue weighted by Gasteiger charge is -2.33. The van der Waals surface area contributed by atoms with Crippen LogP contribution in [-0.4, -0.2) is 54.4 Å². The topological polar surface area (TPSA) is 128 Å². The predicted octanol–water partition coefficient (Wildman–Crippen LogP) is 4.78. The maximum Gasteiger partial charge on any atom is 0.245 e. The van der Waals surface area contributed by atoms with Crippen LogP contribution in [0.15, 0.2) is 72.0 Å². The molecule has 1 fully saturated rings. The highest BCUT2D eigenvalue weighted by Gasteiger charge is 2.29. The van der Waals surface area contributed by atoms with Gasteiger partial charge in [-0.3, -0.25) is 9.36 Å². The summed E-state index contributed by atoms with van der Waals surface area (Å²) >= 11 is 0. The largest absolute Gasteiger partial charge is 0.443 e. The van der Waals surface area contributed by atoms with Crippen LogP contribution in [0.1, 0.15) is 42.1 Å². The van der Waals surface area contributed by atoms with Crippen LogP contribution in [0.25, 0.3) is 39.8 Å². The van der Waals surface area contributed by atoms with Gasteiger partial charge in [0, 0.05) is 37.1 Å². The average Bonchev–Trinajstić information content (AvgIpc) is 3.73. The number of nitrogens with two attached hydrogens (primary N) is 1. The number of carbonyl (C=O) groups excluding carboxylic acids is 1. The van der Waals surface area contributed by atoms with Crippen molar-refractivity contribution in [3.63, 3.8) is 0 Å². The molecule has 0 unspecified atom stereocenters. The SMILES string of the molecule is C=CC(=O)N1CCC(N[C@H]2CCc3cc(-n4c(-c5cccnc5N)nc5ccc(-c6nc(C)co6)nc54)ccc32)CC1. The summed E-state index contributed by atoms with van der Waals surface area (Å²) in [4.78, 5) is 32.6. The lowest BCUT2D eigenvalue weighted by molar-refractivity contribution is -0.127. The Morgan fingerprint density at radius 1 is 1.12 bits per heavy atom. The number of fused-ring (bicyclic) bond motifs is 2. The number of oxazole rings is 1. The normalized spacial score (nSPS) is 17.1. The van der Waals surface area contributed by atoms with Gasteiger partial charge in [0.05, 0.1) is 11.3 Å². The Bertz CT molecular complexity index is 1810. The lowest BCUT2D eigenvalue weighted by Crippen LogP contribution is -2.45. The molecule has 5 heterocycles. The smallest absolute Gasteiger partial charge is 0.245 e. The second-order valence-electron chi connectivity index (χ2n) is 11.0. The minimum absolute atomic E-state index is 0.0174. The molecule has 10 heteroatoms. The highest BCUT2D eigenvalue weighted by atomic mass is 16.3. The van der Waals surface area contributed by atoms with Gasteiger partial charge in [-0.05, 0) is 86.2 Å². The van der Waals surface area contributed by atoms with E-state index in [1.807, 2.05) is 36.1 Å². The molecular weight excluding hydrogens is 528 g/mol. The Kier molecular flexibility index (Phi) is 6.54. The molecule has 2 aliphatic rings. The van der Waals surface area contributed by atoms with Gasteiger partial charge in [-0.1, -0.05) is 12.6 Å². The van der Waals surface area contributed by atoms with Crippen LogP contribution in [0.3, 0.4) is 0 Å². The van der Waals surface area contributed by atoms with E-state index in [0.29, 0.717) is 34.9 Å². The fourth-order valence-electron chi connectivity index (χ4n) is 6.18. The monoisotopic (exact) mass is 560 g/mol. The Morgan fingerprint density at radius 2 is 1.98 bits per heavy atom. The number of piperidine rings is 1. The Labute approximate surface area is 243 Å². The maximum absolute atomic E-state index is 12.0. The number of aryl methyl sites for hydroxylation is 2. The number of hydrogen-bond acceptors (Lipinski definition) is 8. The molecule has 0 spiro atoms. The minimum atomic E-state index is 0.0174. The van der Waals surface area contributed by atoms with E-state index in [1.54, 1.807) is 12.5 Å². The number of hydrogen-bond donors (Lipinski definition) is 2. The number of anilines is 1. The van der Waals surface area contributed by atoms with E-state index in [9.17, 15) is 4.79 Å². The fourth-order valence-corrected chi connectivity index (χ4v) is 6.18. The molecule has 0 bridgehead atoms. The zero-order valence-electron chi connectivity index (χ0n) is 23.5. The van der Waals surface area contributed by atoms with Gasteiger partial charge in [0.25, 0.3) is 0 Å². The molecule has 3 N–H and O–H groups in total. The van der Waals surface area contributed by atoms with Crippen LogP contribution in [0.2, 0.25) is 0 Å². The third-order valence-electron chi connectivity index (χ3n) is 8.30. The standard InChI is InChI=1S/C32H32N8O2/c1-3-28(41)39-15-12-21(13-16-39)36-25-9-6-20-17-22(7-8-23(20)25)40-30(24-5-4-14-34-29(24)33)37-26-10-11-27(38-31(26)40)32-35-19(2)18-42-32/h3-5,7-8,10-11,14,17-18,21,25,36H,1,6,9,12-13,15-16H2,2H3,(H2,33,34)/t25-/m0/s1. The van der Waals surface area contributed by atoms with Gasteiger partial charge < -0.3 is 20.4 Å². The van der Waals surface area contributed by atoms with Gasteiger partial charge >= 0.3 is 0 Å². The first kappa shape index (κ1) is 26.1. The molecule has 1 atom stereocenters. The summed E-state index contributed by atoms with van der Waals surface area (Å²) in [5.74, 6) is 1.57. The Morgan fingerprint density at radius 3 is 2.74 bits per heavy atom. The summed E-state index contributed by atoms with van der Waals surface area (Å²) in [6.07, 6.45) is 8.59. The summed E-state index contributed by atoms with van der Waals surface area (Å²) < 4.78 is 7.70. The second kappa shape index (κ2) is 10.5. The molecule has 1 saturated heterocycles. The highest BCUT2D eigenvalue weighted by molar-refractivity contribution is 5.87. The first-order chi connectivity index (χ1) is 20.5. The van der Waals surface area contributed by atoms with Crippen molar-refractivity contribution < 1.29 is 9.21 Å². The lowest BCUT2D eigenvalue weighted by atomic mass is 10.0. The van der Waals surface area contributed by atoms with Gasteiger partial charge in [0.2, 0.25) is 11.8 Å². The van der Waals surface area contributed by atoms with Gasteiger partial charge in [0.15, 0.2) is 11.5 Å².